The van der Waals surface area contributed by atoms with E-state index in [0.29, 0.717) is 28.6 Å². The average Bonchev–Trinajstić information content (AvgIpc) is 2.56. The number of carbonyl (C=O) groups is 2. The Labute approximate surface area is 139 Å². The lowest BCUT2D eigenvalue weighted by molar-refractivity contribution is 0.0501. The minimum Gasteiger partial charge on any atom is -0.462 e. The molecule has 0 aliphatic rings. The van der Waals surface area contributed by atoms with E-state index in [9.17, 15) is 9.59 Å². The quantitative estimate of drug-likeness (QED) is 0.494. The Balaban J connectivity index is 2.12. The molecule has 0 fully saturated rings. The Kier molecular flexibility index (Phi) is 6.11. The van der Waals surface area contributed by atoms with Crippen LogP contribution in [0.5, 0.6) is 0 Å². The first-order valence-corrected chi connectivity index (χ1v) is 7.68. The fraction of sp³-hybridized carbons (Fsp3) is 0.235. The van der Waals surface area contributed by atoms with Crippen LogP contribution in [0, 0.1) is 0 Å². The summed E-state index contributed by atoms with van der Waals surface area (Å²) in [6, 6.07) is 9.81. The van der Waals surface area contributed by atoms with Gasteiger partial charge in [0.05, 0.1) is 23.4 Å². The third-order valence-corrected chi connectivity index (χ3v) is 3.34. The van der Waals surface area contributed by atoms with Crippen LogP contribution in [0.3, 0.4) is 0 Å². The Morgan fingerprint density at radius 3 is 2.70 bits per heavy atom. The number of rotatable bonds is 6. The minimum atomic E-state index is -0.455. The highest BCUT2D eigenvalue weighted by atomic mass is 35.5. The Hall–Kier alpha value is -2.40. The highest BCUT2D eigenvalue weighted by Crippen LogP contribution is 2.18. The van der Waals surface area contributed by atoms with Gasteiger partial charge >= 0.3 is 5.97 Å². The summed E-state index contributed by atoms with van der Waals surface area (Å²) < 4.78 is 5.19. The molecular formula is C17H17ClN2O3. The highest BCUT2D eigenvalue weighted by Gasteiger charge is 2.15. The van der Waals surface area contributed by atoms with Crippen LogP contribution in [0.1, 0.15) is 40.5 Å². The summed E-state index contributed by atoms with van der Waals surface area (Å²) in [5, 5.41) is 3.00. The van der Waals surface area contributed by atoms with Crippen molar-refractivity contribution < 1.29 is 14.3 Å². The molecule has 0 atom stereocenters. The fourth-order valence-corrected chi connectivity index (χ4v) is 1.97. The number of anilines is 1. The third-order valence-electron chi connectivity index (χ3n) is 3.12. The number of para-hydroxylation sites is 1. The number of benzene rings is 1. The van der Waals surface area contributed by atoms with Crippen molar-refractivity contribution >= 4 is 29.2 Å². The molecule has 1 aromatic heterocycles. The first-order chi connectivity index (χ1) is 11.1. The first-order valence-electron chi connectivity index (χ1n) is 7.31. The van der Waals surface area contributed by atoms with Crippen molar-refractivity contribution in [3.05, 3.63) is 58.9 Å². The number of unbranched alkanes of at least 4 members (excludes halogenated alkanes) is 1. The average molecular weight is 333 g/mol. The number of aromatic nitrogens is 1. The van der Waals surface area contributed by atoms with Gasteiger partial charge in [-0.1, -0.05) is 37.1 Å². The van der Waals surface area contributed by atoms with Crippen LogP contribution in [0.15, 0.2) is 42.6 Å². The summed E-state index contributed by atoms with van der Waals surface area (Å²) in [6.07, 6.45) is 3.12. The van der Waals surface area contributed by atoms with Crippen LogP contribution in [0.4, 0.5) is 5.69 Å². The molecule has 120 valence electrons. The molecule has 0 unspecified atom stereocenters. The lowest BCUT2D eigenvalue weighted by Crippen LogP contribution is -2.16. The summed E-state index contributed by atoms with van der Waals surface area (Å²) in [6.45, 7) is 2.38. The molecule has 1 amide bonds. The molecule has 2 aromatic rings. The lowest BCUT2D eigenvalue weighted by Gasteiger charge is -2.10. The number of nitrogens with one attached hydrogen (secondary N) is 1. The normalized spacial score (nSPS) is 10.2. The van der Waals surface area contributed by atoms with Crippen LogP contribution >= 0.6 is 11.6 Å². The van der Waals surface area contributed by atoms with E-state index in [1.807, 2.05) is 6.92 Å². The van der Waals surface area contributed by atoms with Crippen molar-refractivity contribution in [2.45, 2.75) is 19.8 Å². The molecule has 6 heteroatoms. The Morgan fingerprint density at radius 1 is 1.22 bits per heavy atom. The summed E-state index contributed by atoms with van der Waals surface area (Å²) in [4.78, 5) is 28.2. The summed E-state index contributed by atoms with van der Waals surface area (Å²) >= 11 is 5.70. The highest BCUT2D eigenvalue weighted by molar-refractivity contribution is 6.29. The number of amides is 1. The number of halogens is 1. The van der Waals surface area contributed by atoms with Gasteiger partial charge in [-0.25, -0.2) is 9.78 Å². The molecule has 1 heterocycles. The minimum absolute atomic E-state index is 0.307. The van der Waals surface area contributed by atoms with Gasteiger partial charge in [0.1, 0.15) is 5.15 Å². The first kappa shape index (κ1) is 17.0. The maximum absolute atomic E-state index is 12.2. The number of hydrogen-bond donors (Lipinski definition) is 1. The number of nitrogens with zero attached hydrogens (tertiary/aromatic N) is 1. The number of pyridine rings is 1. The molecule has 0 saturated heterocycles. The maximum Gasteiger partial charge on any atom is 0.340 e. The molecule has 2 rings (SSSR count). The molecule has 0 saturated carbocycles. The van der Waals surface area contributed by atoms with Gasteiger partial charge in [0.15, 0.2) is 0 Å². The van der Waals surface area contributed by atoms with Crippen LogP contribution in [0.25, 0.3) is 0 Å². The molecule has 0 radical (unpaired) electrons. The van der Waals surface area contributed by atoms with Crippen LogP contribution in [-0.4, -0.2) is 23.5 Å². The van der Waals surface area contributed by atoms with Crippen LogP contribution < -0.4 is 5.32 Å². The zero-order valence-electron chi connectivity index (χ0n) is 12.7. The van der Waals surface area contributed by atoms with E-state index in [4.69, 9.17) is 16.3 Å². The summed E-state index contributed by atoms with van der Waals surface area (Å²) in [5.74, 6) is -0.827. The zero-order valence-corrected chi connectivity index (χ0v) is 13.5. The van der Waals surface area contributed by atoms with Crippen molar-refractivity contribution in [3.8, 4) is 0 Å². The van der Waals surface area contributed by atoms with Crippen molar-refractivity contribution in [3.63, 3.8) is 0 Å². The van der Waals surface area contributed by atoms with Crippen molar-refractivity contribution in [2.24, 2.45) is 0 Å². The monoisotopic (exact) mass is 332 g/mol. The van der Waals surface area contributed by atoms with Gasteiger partial charge in [0, 0.05) is 6.20 Å². The maximum atomic E-state index is 12.2. The van der Waals surface area contributed by atoms with Gasteiger partial charge < -0.3 is 10.1 Å². The lowest BCUT2D eigenvalue weighted by atomic mass is 10.1. The van der Waals surface area contributed by atoms with Gasteiger partial charge in [-0.05, 0) is 30.7 Å². The molecule has 23 heavy (non-hydrogen) atoms. The van der Waals surface area contributed by atoms with Crippen molar-refractivity contribution in [2.75, 3.05) is 11.9 Å². The second kappa shape index (κ2) is 8.29. The van der Waals surface area contributed by atoms with Gasteiger partial charge in [-0.15, -0.1) is 0 Å². The number of ether oxygens (including phenoxy) is 1. The molecule has 0 aliphatic heterocycles. The molecular weight excluding hydrogens is 316 g/mol. The van der Waals surface area contributed by atoms with Gasteiger partial charge in [0.25, 0.3) is 5.91 Å². The van der Waals surface area contributed by atoms with E-state index in [1.54, 1.807) is 30.3 Å². The van der Waals surface area contributed by atoms with E-state index in [1.165, 1.54) is 12.3 Å². The van der Waals surface area contributed by atoms with Gasteiger partial charge in [0.2, 0.25) is 0 Å². The Bertz CT molecular complexity index is 686. The van der Waals surface area contributed by atoms with E-state index in [0.717, 1.165) is 12.8 Å². The second-order valence-electron chi connectivity index (χ2n) is 4.86. The van der Waals surface area contributed by atoms with Crippen molar-refractivity contribution in [1.82, 2.24) is 4.98 Å². The fourth-order valence-electron chi connectivity index (χ4n) is 1.86. The van der Waals surface area contributed by atoms with E-state index >= 15 is 0 Å². The molecule has 0 aliphatic carbocycles. The Morgan fingerprint density at radius 2 is 2.00 bits per heavy atom. The zero-order chi connectivity index (χ0) is 16.7. The molecule has 1 aromatic carbocycles. The van der Waals surface area contributed by atoms with E-state index in [2.05, 4.69) is 10.3 Å². The standard InChI is InChI=1S/C17H17ClN2O3/c1-2-3-10-23-17(22)13-6-4-5-7-14(13)20-16(21)12-8-9-15(18)19-11-12/h4-9,11H,2-3,10H2,1H3,(H,20,21). The van der Waals surface area contributed by atoms with Crippen molar-refractivity contribution in [1.29, 1.82) is 0 Å². The molecule has 0 spiro atoms. The largest absolute Gasteiger partial charge is 0.462 e. The summed E-state index contributed by atoms with van der Waals surface area (Å²) in [5.41, 5.74) is 1.07. The topological polar surface area (TPSA) is 68.3 Å². The number of esters is 1. The SMILES string of the molecule is CCCCOC(=O)c1ccccc1NC(=O)c1ccc(Cl)nc1. The molecule has 0 bridgehead atoms. The van der Waals surface area contributed by atoms with E-state index in [-0.39, 0.29) is 5.91 Å². The summed E-state index contributed by atoms with van der Waals surface area (Å²) in [7, 11) is 0. The van der Waals surface area contributed by atoms with E-state index < -0.39 is 5.97 Å². The number of carbonyl (C=O) groups excluding carboxylic acids is 2. The predicted molar refractivity (Wildman–Crippen MR) is 88.8 cm³/mol. The number of hydrogen-bond acceptors (Lipinski definition) is 4. The molecule has 5 nitrogen and oxygen atoms in total. The van der Waals surface area contributed by atoms with Crippen LogP contribution in [-0.2, 0) is 4.74 Å². The smallest absolute Gasteiger partial charge is 0.340 e. The van der Waals surface area contributed by atoms with Gasteiger partial charge in [-0.2, -0.15) is 0 Å². The molecule has 1 N–H and O–H groups in total. The second-order valence-corrected chi connectivity index (χ2v) is 5.25. The predicted octanol–water partition coefficient (Wildman–Crippen LogP) is 3.94. The van der Waals surface area contributed by atoms with Gasteiger partial charge in [-0.3, -0.25) is 4.79 Å². The van der Waals surface area contributed by atoms with Crippen LogP contribution in [0.2, 0.25) is 5.15 Å². The third kappa shape index (κ3) is 4.79.